The Balaban J connectivity index is 1.96. The van der Waals surface area contributed by atoms with Crippen molar-refractivity contribution >= 4 is 0 Å². The maximum atomic E-state index is 13.8. The highest BCUT2D eigenvalue weighted by molar-refractivity contribution is 5.22. The predicted molar refractivity (Wildman–Crippen MR) is 75.6 cm³/mol. The van der Waals surface area contributed by atoms with Gasteiger partial charge in [0.1, 0.15) is 0 Å². The molecule has 0 amide bonds. The van der Waals surface area contributed by atoms with Gasteiger partial charge < -0.3 is 10.1 Å². The summed E-state index contributed by atoms with van der Waals surface area (Å²) in [7, 11) is 1.74. The van der Waals surface area contributed by atoms with Gasteiger partial charge >= 0.3 is 0 Å². The number of ether oxygens (including phenoxy) is 1. The number of halogens is 2. The minimum atomic E-state index is -0.808. The Labute approximate surface area is 119 Å². The number of nitrogens with one attached hydrogen (secondary N) is 1. The monoisotopic (exact) mass is 283 g/mol. The van der Waals surface area contributed by atoms with Gasteiger partial charge in [-0.1, -0.05) is 37.8 Å². The standard InChI is InChI=1S/C16H23F2NO/c1-19-15(13-9-6-10-14(17)16(13)18)11-20-12-7-4-2-3-5-8-12/h6,9-10,12,15,19H,2-5,7-8,11H2,1H3. The van der Waals surface area contributed by atoms with Crippen LogP contribution in [0, 0.1) is 11.6 Å². The molecule has 20 heavy (non-hydrogen) atoms. The Morgan fingerprint density at radius 3 is 2.55 bits per heavy atom. The number of hydrogen-bond donors (Lipinski definition) is 1. The zero-order valence-electron chi connectivity index (χ0n) is 12.0. The fourth-order valence-corrected chi connectivity index (χ4v) is 2.76. The lowest BCUT2D eigenvalue weighted by Crippen LogP contribution is -2.26. The molecule has 0 aliphatic heterocycles. The van der Waals surface area contributed by atoms with E-state index < -0.39 is 11.6 Å². The van der Waals surface area contributed by atoms with Crippen LogP contribution in [0.4, 0.5) is 8.78 Å². The molecule has 112 valence electrons. The van der Waals surface area contributed by atoms with E-state index in [1.807, 2.05) is 0 Å². The molecule has 1 saturated carbocycles. The molecule has 2 nitrogen and oxygen atoms in total. The molecule has 2 rings (SSSR count). The van der Waals surface area contributed by atoms with Gasteiger partial charge in [-0.2, -0.15) is 0 Å². The van der Waals surface area contributed by atoms with Gasteiger partial charge in [-0.3, -0.25) is 0 Å². The molecule has 1 aromatic rings. The second kappa shape index (κ2) is 7.70. The lowest BCUT2D eigenvalue weighted by molar-refractivity contribution is 0.0294. The maximum Gasteiger partial charge on any atom is 0.163 e. The van der Waals surface area contributed by atoms with Gasteiger partial charge in [0.2, 0.25) is 0 Å². The fourth-order valence-electron chi connectivity index (χ4n) is 2.76. The Kier molecular flexibility index (Phi) is 5.92. The Hall–Kier alpha value is -1.00. The van der Waals surface area contributed by atoms with E-state index in [0.29, 0.717) is 12.2 Å². The Morgan fingerprint density at radius 1 is 1.20 bits per heavy atom. The summed E-state index contributed by atoms with van der Waals surface area (Å²) in [4.78, 5) is 0. The number of hydrogen-bond acceptors (Lipinski definition) is 2. The van der Waals surface area contributed by atoms with Crippen LogP contribution in [0.3, 0.4) is 0 Å². The second-order valence-corrected chi connectivity index (χ2v) is 5.43. The predicted octanol–water partition coefficient (Wildman–Crippen LogP) is 3.96. The summed E-state index contributed by atoms with van der Waals surface area (Å²) in [6.45, 7) is 0.377. The lowest BCUT2D eigenvalue weighted by atomic mass is 10.1. The smallest absolute Gasteiger partial charge is 0.163 e. The molecule has 1 aromatic carbocycles. The van der Waals surface area contributed by atoms with Crippen molar-refractivity contribution < 1.29 is 13.5 Å². The molecule has 0 saturated heterocycles. The van der Waals surface area contributed by atoms with E-state index in [1.54, 1.807) is 13.1 Å². The summed E-state index contributed by atoms with van der Waals surface area (Å²) in [5.41, 5.74) is 0.334. The van der Waals surface area contributed by atoms with Crippen molar-refractivity contribution in [3.05, 3.63) is 35.4 Å². The van der Waals surface area contributed by atoms with Crippen LogP contribution >= 0.6 is 0 Å². The van der Waals surface area contributed by atoms with Gasteiger partial charge in [0.25, 0.3) is 0 Å². The van der Waals surface area contributed by atoms with Crippen molar-refractivity contribution in [1.82, 2.24) is 5.32 Å². The summed E-state index contributed by atoms with van der Waals surface area (Å²) in [5.74, 6) is -1.59. The van der Waals surface area contributed by atoms with Crippen LogP contribution < -0.4 is 5.32 Å². The summed E-state index contributed by atoms with van der Waals surface area (Å²) in [5, 5.41) is 3.01. The molecule has 1 fully saturated rings. The number of rotatable bonds is 5. The minimum Gasteiger partial charge on any atom is -0.376 e. The van der Waals surface area contributed by atoms with Crippen LogP contribution in [0.2, 0.25) is 0 Å². The average Bonchev–Trinajstić information content (AvgIpc) is 2.72. The topological polar surface area (TPSA) is 21.3 Å². The average molecular weight is 283 g/mol. The number of benzene rings is 1. The first-order valence-electron chi connectivity index (χ1n) is 7.45. The largest absolute Gasteiger partial charge is 0.376 e. The number of likely N-dealkylation sites (N-methyl/N-ethyl adjacent to an activating group) is 1. The van der Waals surface area contributed by atoms with Crippen molar-refractivity contribution in [1.29, 1.82) is 0 Å². The quantitative estimate of drug-likeness (QED) is 0.826. The highest BCUT2D eigenvalue weighted by Crippen LogP contribution is 2.23. The SMILES string of the molecule is CNC(COC1CCCCCC1)c1cccc(F)c1F. The zero-order chi connectivity index (χ0) is 14.4. The lowest BCUT2D eigenvalue weighted by Gasteiger charge is -2.22. The van der Waals surface area contributed by atoms with Crippen molar-refractivity contribution in [2.75, 3.05) is 13.7 Å². The summed E-state index contributed by atoms with van der Waals surface area (Å²) < 4.78 is 33.0. The first-order chi connectivity index (χ1) is 9.72. The van der Waals surface area contributed by atoms with Crippen LogP contribution in [0.1, 0.15) is 50.1 Å². The van der Waals surface area contributed by atoms with Crippen LogP contribution in [-0.4, -0.2) is 19.8 Å². The van der Waals surface area contributed by atoms with Gasteiger partial charge in [0.15, 0.2) is 11.6 Å². The minimum absolute atomic E-state index is 0.255. The molecule has 0 radical (unpaired) electrons. The van der Waals surface area contributed by atoms with Crippen molar-refractivity contribution in [3.8, 4) is 0 Å². The first kappa shape index (κ1) is 15.4. The molecule has 1 aliphatic rings. The third-order valence-electron chi connectivity index (χ3n) is 4.01. The molecule has 1 atom stereocenters. The molecule has 0 bridgehead atoms. The highest BCUT2D eigenvalue weighted by Gasteiger charge is 2.19. The van der Waals surface area contributed by atoms with E-state index in [1.165, 1.54) is 31.7 Å². The molecule has 0 heterocycles. The second-order valence-electron chi connectivity index (χ2n) is 5.43. The molecule has 0 aromatic heterocycles. The van der Waals surface area contributed by atoms with Crippen LogP contribution in [0.25, 0.3) is 0 Å². The first-order valence-corrected chi connectivity index (χ1v) is 7.45. The van der Waals surface area contributed by atoms with Crippen molar-refractivity contribution in [2.24, 2.45) is 0 Å². The van der Waals surface area contributed by atoms with Gasteiger partial charge in [-0.25, -0.2) is 8.78 Å². The van der Waals surface area contributed by atoms with E-state index in [4.69, 9.17) is 4.74 Å². The normalized spacial score (nSPS) is 18.8. The summed E-state index contributed by atoms with van der Waals surface area (Å²) in [6.07, 6.45) is 7.34. The molecular formula is C16H23F2NO. The van der Waals surface area contributed by atoms with E-state index in [-0.39, 0.29) is 12.1 Å². The third kappa shape index (κ3) is 4.00. The van der Waals surface area contributed by atoms with Gasteiger partial charge in [0.05, 0.1) is 18.8 Å². The summed E-state index contributed by atoms with van der Waals surface area (Å²) in [6, 6.07) is 3.96. The van der Waals surface area contributed by atoms with Gasteiger partial charge in [0, 0.05) is 5.56 Å². The Morgan fingerprint density at radius 2 is 1.90 bits per heavy atom. The fraction of sp³-hybridized carbons (Fsp3) is 0.625. The van der Waals surface area contributed by atoms with E-state index in [2.05, 4.69) is 5.32 Å². The Bertz CT molecular complexity index is 417. The molecule has 1 unspecified atom stereocenters. The van der Waals surface area contributed by atoms with E-state index >= 15 is 0 Å². The zero-order valence-corrected chi connectivity index (χ0v) is 12.0. The maximum absolute atomic E-state index is 13.8. The van der Waals surface area contributed by atoms with Crippen molar-refractivity contribution in [3.63, 3.8) is 0 Å². The van der Waals surface area contributed by atoms with Crippen LogP contribution in [0.15, 0.2) is 18.2 Å². The molecule has 1 N–H and O–H groups in total. The third-order valence-corrected chi connectivity index (χ3v) is 4.01. The molecule has 4 heteroatoms. The van der Waals surface area contributed by atoms with Crippen LogP contribution in [0.5, 0.6) is 0 Å². The van der Waals surface area contributed by atoms with E-state index in [9.17, 15) is 8.78 Å². The van der Waals surface area contributed by atoms with Crippen LogP contribution in [-0.2, 0) is 4.74 Å². The van der Waals surface area contributed by atoms with Gasteiger partial charge in [-0.15, -0.1) is 0 Å². The molecular weight excluding hydrogens is 260 g/mol. The summed E-state index contributed by atoms with van der Waals surface area (Å²) >= 11 is 0. The molecule has 0 spiro atoms. The molecule has 1 aliphatic carbocycles. The highest BCUT2D eigenvalue weighted by atomic mass is 19.2. The van der Waals surface area contributed by atoms with E-state index in [0.717, 1.165) is 18.9 Å². The van der Waals surface area contributed by atoms with Crippen molar-refractivity contribution in [2.45, 2.75) is 50.7 Å². The van der Waals surface area contributed by atoms with Gasteiger partial charge in [-0.05, 0) is 26.0 Å².